The van der Waals surface area contributed by atoms with Gasteiger partial charge in [-0.1, -0.05) is 23.8 Å². The highest BCUT2D eigenvalue weighted by Gasteiger charge is 2.21. The number of aliphatic imine (C=N–C) groups is 1. The van der Waals surface area contributed by atoms with Crippen molar-refractivity contribution in [2.24, 2.45) is 4.99 Å². The largest absolute Gasteiger partial charge is 0.347 e. The Kier molecular flexibility index (Phi) is 3.90. The Morgan fingerprint density at radius 2 is 2.21 bits per heavy atom. The van der Waals surface area contributed by atoms with Crippen LogP contribution in [-0.4, -0.2) is 23.9 Å². The summed E-state index contributed by atoms with van der Waals surface area (Å²) >= 11 is 0. The van der Waals surface area contributed by atoms with E-state index in [1.165, 1.54) is 13.0 Å². The summed E-state index contributed by atoms with van der Waals surface area (Å²) in [5, 5.41) is 2.73. The van der Waals surface area contributed by atoms with Crippen LogP contribution in [0.4, 0.5) is 0 Å². The number of fused-ring (bicyclic) bond motifs is 1. The molecule has 0 radical (unpaired) electrons. The first kappa shape index (κ1) is 13.2. The van der Waals surface area contributed by atoms with Gasteiger partial charge in [0.15, 0.2) is 5.78 Å². The molecule has 1 aliphatic rings. The predicted molar refractivity (Wildman–Crippen MR) is 74.3 cm³/mol. The van der Waals surface area contributed by atoms with Gasteiger partial charge in [0.25, 0.3) is 5.91 Å². The number of rotatable bonds is 4. The van der Waals surface area contributed by atoms with E-state index in [4.69, 9.17) is 0 Å². The predicted octanol–water partition coefficient (Wildman–Crippen LogP) is 1.56. The van der Waals surface area contributed by atoms with Crippen molar-refractivity contribution in [3.63, 3.8) is 0 Å². The Morgan fingerprint density at radius 1 is 1.42 bits per heavy atom. The number of benzene rings is 1. The summed E-state index contributed by atoms with van der Waals surface area (Å²) in [6, 6.07) is 6.00. The molecule has 0 saturated heterocycles. The number of allylic oxidation sites excluding steroid dienone is 1. The molecule has 1 aliphatic heterocycles. The monoisotopic (exact) mass is 256 g/mol. The van der Waals surface area contributed by atoms with E-state index in [2.05, 4.69) is 10.3 Å². The maximum atomic E-state index is 12.0. The minimum atomic E-state index is -0.197. The number of amides is 1. The molecular weight excluding hydrogens is 240 g/mol. The minimum Gasteiger partial charge on any atom is -0.347 e. The Morgan fingerprint density at radius 3 is 2.95 bits per heavy atom. The fourth-order valence-electron chi connectivity index (χ4n) is 1.95. The molecule has 1 aromatic rings. The van der Waals surface area contributed by atoms with Gasteiger partial charge in [-0.15, -0.1) is 0 Å². The summed E-state index contributed by atoms with van der Waals surface area (Å²) in [6.07, 6.45) is 3.07. The highest BCUT2D eigenvalue weighted by Crippen LogP contribution is 2.20. The second-order valence-corrected chi connectivity index (χ2v) is 4.55. The fourth-order valence-corrected chi connectivity index (χ4v) is 1.95. The molecule has 0 spiro atoms. The van der Waals surface area contributed by atoms with Crippen LogP contribution in [0.1, 0.15) is 23.6 Å². The first-order chi connectivity index (χ1) is 9.08. The van der Waals surface area contributed by atoms with E-state index in [9.17, 15) is 9.59 Å². The number of ketones is 1. The van der Waals surface area contributed by atoms with Crippen LogP contribution in [0.2, 0.25) is 0 Å². The molecule has 19 heavy (non-hydrogen) atoms. The van der Waals surface area contributed by atoms with Crippen LogP contribution in [-0.2, 0) is 16.1 Å². The van der Waals surface area contributed by atoms with Crippen molar-refractivity contribution < 1.29 is 9.59 Å². The van der Waals surface area contributed by atoms with Crippen LogP contribution in [0.5, 0.6) is 0 Å². The molecule has 98 valence electrons. The lowest BCUT2D eigenvalue weighted by atomic mass is 10.0. The van der Waals surface area contributed by atoms with E-state index < -0.39 is 0 Å². The molecule has 0 aromatic heterocycles. The average molecular weight is 256 g/mol. The fraction of sp³-hybridized carbons (Fsp3) is 0.267. The highest BCUT2D eigenvalue weighted by atomic mass is 16.2. The van der Waals surface area contributed by atoms with E-state index in [0.717, 1.165) is 16.7 Å². The van der Waals surface area contributed by atoms with Gasteiger partial charge in [0.05, 0.1) is 6.54 Å². The Balaban J connectivity index is 2.03. The third-order valence-corrected chi connectivity index (χ3v) is 2.88. The third kappa shape index (κ3) is 3.16. The summed E-state index contributed by atoms with van der Waals surface area (Å²) < 4.78 is 0. The SMILES string of the molecule is CC(=O)/C=C/CNC(=O)C1=NCc2ccc(C)cc21. The van der Waals surface area contributed by atoms with Crippen molar-refractivity contribution in [3.05, 3.63) is 47.0 Å². The van der Waals surface area contributed by atoms with Crippen LogP contribution in [0.15, 0.2) is 35.3 Å². The van der Waals surface area contributed by atoms with E-state index in [-0.39, 0.29) is 11.7 Å². The quantitative estimate of drug-likeness (QED) is 0.831. The van der Waals surface area contributed by atoms with Gasteiger partial charge in [-0.2, -0.15) is 0 Å². The number of nitrogens with one attached hydrogen (secondary N) is 1. The molecule has 1 N–H and O–H groups in total. The number of hydrogen-bond donors (Lipinski definition) is 1. The van der Waals surface area contributed by atoms with Gasteiger partial charge in [0.2, 0.25) is 0 Å². The lowest BCUT2D eigenvalue weighted by Gasteiger charge is -2.05. The normalized spacial score (nSPS) is 13.3. The van der Waals surface area contributed by atoms with Crippen molar-refractivity contribution in [1.29, 1.82) is 0 Å². The van der Waals surface area contributed by atoms with Crippen LogP contribution >= 0.6 is 0 Å². The van der Waals surface area contributed by atoms with Gasteiger partial charge in [0.1, 0.15) is 5.71 Å². The molecule has 0 unspecified atom stereocenters. The number of aryl methyl sites for hydroxylation is 1. The van der Waals surface area contributed by atoms with Gasteiger partial charge in [-0.3, -0.25) is 14.6 Å². The second kappa shape index (κ2) is 5.61. The summed E-state index contributed by atoms with van der Waals surface area (Å²) in [7, 11) is 0. The topological polar surface area (TPSA) is 58.5 Å². The Bertz CT molecular complexity index is 586. The molecule has 0 fully saturated rings. The summed E-state index contributed by atoms with van der Waals surface area (Å²) in [4.78, 5) is 27.0. The van der Waals surface area contributed by atoms with Crippen molar-refractivity contribution in [2.75, 3.05) is 6.54 Å². The Hall–Kier alpha value is -2.23. The minimum absolute atomic E-state index is 0.0339. The molecule has 0 bridgehead atoms. The number of hydrogen-bond acceptors (Lipinski definition) is 3. The van der Waals surface area contributed by atoms with Crippen LogP contribution in [0, 0.1) is 6.92 Å². The van der Waals surface area contributed by atoms with E-state index in [0.29, 0.717) is 18.8 Å². The van der Waals surface area contributed by atoms with E-state index in [1.807, 2.05) is 25.1 Å². The summed E-state index contributed by atoms with van der Waals surface area (Å²) in [6.45, 7) is 4.35. The summed E-state index contributed by atoms with van der Waals surface area (Å²) in [5.74, 6) is -0.231. The smallest absolute Gasteiger partial charge is 0.270 e. The lowest BCUT2D eigenvalue weighted by Crippen LogP contribution is -2.31. The van der Waals surface area contributed by atoms with Gasteiger partial charge in [-0.25, -0.2) is 0 Å². The molecule has 2 rings (SSSR count). The molecule has 1 heterocycles. The highest BCUT2D eigenvalue weighted by molar-refractivity contribution is 6.46. The standard InChI is InChI=1S/C15H16N2O2/c1-10-5-6-12-9-17-14(13(12)8-10)15(19)16-7-3-4-11(2)18/h3-6,8H,7,9H2,1-2H3,(H,16,19)/b4-3+. The maximum absolute atomic E-state index is 12.0. The van der Waals surface area contributed by atoms with Crippen LogP contribution in [0.3, 0.4) is 0 Å². The Labute approximate surface area is 112 Å². The second-order valence-electron chi connectivity index (χ2n) is 4.55. The first-order valence-electron chi connectivity index (χ1n) is 6.17. The zero-order chi connectivity index (χ0) is 13.8. The molecule has 1 amide bonds. The molecular formula is C15H16N2O2. The molecule has 4 heteroatoms. The zero-order valence-electron chi connectivity index (χ0n) is 11.1. The van der Waals surface area contributed by atoms with Crippen LogP contribution in [0.25, 0.3) is 0 Å². The van der Waals surface area contributed by atoms with Crippen molar-refractivity contribution in [2.45, 2.75) is 20.4 Å². The zero-order valence-corrected chi connectivity index (χ0v) is 11.1. The number of nitrogens with zero attached hydrogens (tertiary/aromatic N) is 1. The lowest BCUT2D eigenvalue weighted by molar-refractivity contribution is -0.115. The van der Waals surface area contributed by atoms with E-state index in [1.54, 1.807) is 6.08 Å². The van der Waals surface area contributed by atoms with Gasteiger partial charge in [0, 0.05) is 12.1 Å². The summed E-state index contributed by atoms with van der Waals surface area (Å²) in [5.41, 5.74) is 3.58. The first-order valence-corrected chi connectivity index (χ1v) is 6.17. The van der Waals surface area contributed by atoms with Gasteiger partial charge in [-0.05, 0) is 31.6 Å². The van der Waals surface area contributed by atoms with Crippen molar-refractivity contribution in [1.82, 2.24) is 5.32 Å². The van der Waals surface area contributed by atoms with Gasteiger partial charge < -0.3 is 5.32 Å². The molecule has 0 saturated carbocycles. The van der Waals surface area contributed by atoms with E-state index >= 15 is 0 Å². The van der Waals surface area contributed by atoms with Crippen molar-refractivity contribution in [3.8, 4) is 0 Å². The molecule has 1 aromatic carbocycles. The van der Waals surface area contributed by atoms with Crippen molar-refractivity contribution >= 4 is 17.4 Å². The average Bonchev–Trinajstić information content (AvgIpc) is 2.77. The van der Waals surface area contributed by atoms with Gasteiger partial charge >= 0.3 is 0 Å². The molecule has 0 aliphatic carbocycles. The number of carbonyl (C=O) groups is 2. The number of carbonyl (C=O) groups excluding carboxylic acids is 2. The maximum Gasteiger partial charge on any atom is 0.270 e. The van der Waals surface area contributed by atoms with Crippen LogP contribution < -0.4 is 5.32 Å². The molecule has 0 atom stereocenters. The third-order valence-electron chi connectivity index (χ3n) is 2.88. The molecule has 4 nitrogen and oxygen atoms in total.